The first-order valence-electron chi connectivity index (χ1n) is 5.02. The molecule has 2 aromatic heterocycles. The highest BCUT2D eigenvalue weighted by Crippen LogP contribution is 2.17. The zero-order valence-corrected chi connectivity index (χ0v) is 10.1. The number of hydrazine groups is 1. The van der Waals surface area contributed by atoms with Crippen LogP contribution >= 0.6 is 0 Å². The number of pyridine rings is 1. The Labute approximate surface area is 104 Å². The highest BCUT2D eigenvalue weighted by molar-refractivity contribution is 7.89. The second kappa shape index (κ2) is 5.12. The summed E-state index contributed by atoms with van der Waals surface area (Å²) in [6.45, 7) is 0.0637. The van der Waals surface area contributed by atoms with Gasteiger partial charge in [0.2, 0.25) is 10.0 Å². The summed E-state index contributed by atoms with van der Waals surface area (Å²) in [4.78, 5) is 10.5. The molecule has 0 saturated heterocycles. The van der Waals surface area contributed by atoms with E-state index in [-0.39, 0.29) is 17.1 Å². The number of aromatic amines is 1. The molecule has 5 N–H and O–H groups in total. The molecule has 0 saturated carbocycles. The van der Waals surface area contributed by atoms with E-state index in [2.05, 4.69) is 25.1 Å². The van der Waals surface area contributed by atoms with Gasteiger partial charge in [-0.25, -0.2) is 18.1 Å². The summed E-state index contributed by atoms with van der Waals surface area (Å²) in [6, 6.07) is 1.47. The summed E-state index contributed by atoms with van der Waals surface area (Å²) in [6.07, 6.45) is 5.82. The fourth-order valence-electron chi connectivity index (χ4n) is 1.35. The zero-order chi connectivity index (χ0) is 13.0. The zero-order valence-electron chi connectivity index (χ0n) is 9.29. The Balaban J connectivity index is 2.20. The van der Waals surface area contributed by atoms with E-state index in [1.54, 1.807) is 12.4 Å². The van der Waals surface area contributed by atoms with Crippen LogP contribution in [0.25, 0.3) is 0 Å². The van der Waals surface area contributed by atoms with Crippen LogP contribution < -0.4 is 16.0 Å². The molecule has 0 bridgehead atoms. The average molecular weight is 268 g/mol. The van der Waals surface area contributed by atoms with Crippen LogP contribution in [0.15, 0.2) is 35.7 Å². The van der Waals surface area contributed by atoms with E-state index in [0.717, 1.165) is 0 Å². The molecular weight excluding hydrogens is 256 g/mol. The van der Waals surface area contributed by atoms with Gasteiger partial charge in [0, 0.05) is 24.8 Å². The maximum atomic E-state index is 12.0. The van der Waals surface area contributed by atoms with Crippen molar-refractivity contribution < 1.29 is 8.42 Å². The van der Waals surface area contributed by atoms with E-state index < -0.39 is 10.0 Å². The number of aromatic nitrogens is 3. The van der Waals surface area contributed by atoms with Crippen molar-refractivity contribution in [3.8, 4) is 0 Å². The number of imidazole rings is 1. The molecule has 2 rings (SSSR count). The van der Waals surface area contributed by atoms with Crippen LogP contribution in [0.4, 0.5) is 5.69 Å². The maximum absolute atomic E-state index is 12.0. The van der Waals surface area contributed by atoms with Crippen molar-refractivity contribution in [2.75, 3.05) is 5.43 Å². The summed E-state index contributed by atoms with van der Waals surface area (Å²) in [7, 11) is -3.69. The largest absolute Gasteiger partial charge is 0.347 e. The first-order valence-corrected chi connectivity index (χ1v) is 6.50. The number of hydrogen-bond donors (Lipinski definition) is 4. The highest BCUT2D eigenvalue weighted by Gasteiger charge is 2.18. The van der Waals surface area contributed by atoms with Crippen LogP contribution in [0.1, 0.15) is 5.82 Å². The summed E-state index contributed by atoms with van der Waals surface area (Å²) in [5, 5.41) is 0. The van der Waals surface area contributed by atoms with E-state index >= 15 is 0 Å². The fourth-order valence-corrected chi connectivity index (χ4v) is 2.45. The number of sulfonamides is 1. The Bertz CT molecular complexity index is 610. The van der Waals surface area contributed by atoms with Crippen LogP contribution in [0, 0.1) is 0 Å². The van der Waals surface area contributed by atoms with Crippen molar-refractivity contribution in [2.24, 2.45) is 5.84 Å². The quantitative estimate of drug-likeness (QED) is 0.430. The Kier molecular flexibility index (Phi) is 3.55. The molecular formula is C9H12N6O2S. The van der Waals surface area contributed by atoms with Crippen LogP contribution in [-0.4, -0.2) is 23.4 Å². The standard InChI is InChI=1S/C9H12N6O2S/c10-15-7-1-2-11-5-8(7)18(16,17)14-6-9-12-3-4-13-9/h1-5,14H,6,10H2,(H,11,15)(H,12,13). The second-order valence-electron chi connectivity index (χ2n) is 3.38. The van der Waals surface area contributed by atoms with Gasteiger partial charge in [0.15, 0.2) is 0 Å². The predicted octanol–water partition coefficient (Wildman–Crippen LogP) is -0.431. The van der Waals surface area contributed by atoms with Crippen LogP contribution in [0.5, 0.6) is 0 Å². The number of H-pyrrole nitrogens is 1. The topological polar surface area (TPSA) is 126 Å². The van der Waals surface area contributed by atoms with E-state index in [1.165, 1.54) is 18.5 Å². The molecule has 0 aliphatic rings. The lowest BCUT2D eigenvalue weighted by Gasteiger charge is -2.09. The van der Waals surface area contributed by atoms with Gasteiger partial charge in [-0.2, -0.15) is 0 Å². The van der Waals surface area contributed by atoms with Crippen molar-refractivity contribution in [1.82, 2.24) is 19.7 Å². The molecule has 96 valence electrons. The minimum Gasteiger partial charge on any atom is -0.347 e. The lowest BCUT2D eigenvalue weighted by Crippen LogP contribution is -2.25. The van der Waals surface area contributed by atoms with Crippen LogP contribution in [-0.2, 0) is 16.6 Å². The molecule has 18 heavy (non-hydrogen) atoms. The number of hydrogen-bond acceptors (Lipinski definition) is 6. The number of nitrogens with zero attached hydrogens (tertiary/aromatic N) is 2. The molecule has 0 aromatic carbocycles. The van der Waals surface area contributed by atoms with Crippen LogP contribution in [0.3, 0.4) is 0 Å². The Hall–Kier alpha value is -1.97. The maximum Gasteiger partial charge on any atom is 0.244 e. The first kappa shape index (κ1) is 12.5. The predicted molar refractivity (Wildman–Crippen MR) is 64.7 cm³/mol. The Morgan fingerprint density at radius 3 is 2.89 bits per heavy atom. The average Bonchev–Trinajstić information content (AvgIpc) is 2.89. The van der Waals surface area contributed by atoms with Gasteiger partial charge in [0.1, 0.15) is 10.7 Å². The molecule has 9 heteroatoms. The number of nitrogens with one attached hydrogen (secondary N) is 3. The van der Waals surface area contributed by atoms with Gasteiger partial charge < -0.3 is 10.4 Å². The molecule has 0 radical (unpaired) electrons. The molecule has 8 nitrogen and oxygen atoms in total. The number of rotatable bonds is 5. The van der Waals surface area contributed by atoms with E-state index in [9.17, 15) is 8.42 Å². The van der Waals surface area contributed by atoms with Gasteiger partial charge in [0.25, 0.3) is 0 Å². The fraction of sp³-hybridized carbons (Fsp3) is 0.111. The third-order valence-electron chi connectivity index (χ3n) is 2.21. The Morgan fingerprint density at radius 1 is 1.39 bits per heavy atom. The SMILES string of the molecule is NNc1ccncc1S(=O)(=O)NCc1ncc[nH]1. The third-order valence-corrected chi connectivity index (χ3v) is 3.64. The van der Waals surface area contributed by atoms with Gasteiger partial charge in [-0.3, -0.25) is 10.8 Å². The first-order chi connectivity index (χ1) is 8.63. The summed E-state index contributed by atoms with van der Waals surface area (Å²) < 4.78 is 26.4. The minimum atomic E-state index is -3.69. The normalized spacial score (nSPS) is 11.4. The van der Waals surface area contributed by atoms with Gasteiger partial charge in [-0.15, -0.1) is 0 Å². The summed E-state index contributed by atoms with van der Waals surface area (Å²) in [5.41, 5.74) is 2.59. The smallest absolute Gasteiger partial charge is 0.244 e. The molecule has 0 aliphatic carbocycles. The second-order valence-corrected chi connectivity index (χ2v) is 5.11. The number of anilines is 1. The molecule has 0 aliphatic heterocycles. The summed E-state index contributed by atoms with van der Waals surface area (Å²) >= 11 is 0. The number of nitrogens with two attached hydrogens (primary N) is 1. The highest BCUT2D eigenvalue weighted by atomic mass is 32.2. The monoisotopic (exact) mass is 268 g/mol. The van der Waals surface area contributed by atoms with Gasteiger partial charge in [-0.05, 0) is 6.07 Å². The van der Waals surface area contributed by atoms with E-state index in [1.807, 2.05) is 0 Å². The molecule has 0 atom stereocenters. The van der Waals surface area contributed by atoms with Crippen molar-refractivity contribution in [2.45, 2.75) is 11.4 Å². The minimum absolute atomic E-state index is 0.0148. The molecule has 2 heterocycles. The van der Waals surface area contributed by atoms with Crippen LogP contribution in [0.2, 0.25) is 0 Å². The third kappa shape index (κ3) is 2.64. The lowest BCUT2D eigenvalue weighted by atomic mass is 10.4. The van der Waals surface area contributed by atoms with E-state index in [4.69, 9.17) is 5.84 Å². The van der Waals surface area contributed by atoms with Gasteiger partial charge in [0.05, 0.1) is 12.2 Å². The van der Waals surface area contributed by atoms with Crippen molar-refractivity contribution in [3.05, 3.63) is 36.7 Å². The Morgan fingerprint density at radius 2 is 2.22 bits per heavy atom. The molecule has 0 fully saturated rings. The molecule has 0 unspecified atom stereocenters. The lowest BCUT2D eigenvalue weighted by molar-refractivity contribution is 0.579. The van der Waals surface area contributed by atoms with Crippen molar-refractivity contribution in [3.63, 3.8) is 0 Å². The van der Waals surface area contributed by atoms with Gasteiger partial charge in [-0.1, -0.05) is 0 Å². The van der Waals surface area contributed by atoms with E-state index in [0.29, 0.717) is 5.82 Å². The summed E-state index contributed by atoms with van der Waals surface area (Å²) in [5.74, 6) is 5.77. The molecule has 2 aromatic rings. The molecule has 0 spiro atoms. The molecule has 0 amide bonds. The number of nitrogen functional groups attached to an aromatic ring is 1. The van der Waals surface area contributed by atoms with Crippen molar-refractivity contribution in [1.29, 1.82) is 0 Å². The van der Waals surface area contributed by atoms with Gasteiger partial charge >= 0.3 is 0 Å². The van der Waals surface area contributed by atoms with Crippen molar-refractivity contribution >= 4 is 15.7 Å².